The average molecular weight is 281 g/mol. The largest absolute Gasteiger partial charge is 0.351 e. The molecule has 100 valence electrons. The number of hydrogen-bond donors (Lipinski definition) is 0. The summed E-state index contributed by atoms with van der Waals surface area (Å²) in [6.45, 7) is 0. The Hall–Kier alpha value is -2.13. The molecule has 0 aliphatic carbocycles. The molecule has 0 saturated carbocycles. The molecule has 1 aromatic heterocycles. The number of nitrogens with zero attached hydrogens (tertiary/aromatic N) is 2. The number of aromatic nitrogens is 1. The molecule has 0 unspecified atom stereocenters. The number of fused-ring (bicyclic) bond motifs is 1. The van der Waals surface area contributed by atoms with Gasteiger partial charge < -0.3 is 4.90 Å². The van der Waals surface area contributed by atoms with Gasteiger partial charge in [-0.1, -0.05) is 41.7 Å². The molecule has 1 heterocycles. The zero-order valence-electron chi connectivity index (χ0n) is 11.7. The quantitative estimate of drug-likeness (QED) is 0.662. The molecule has 3 heteroatoms. The maximum atomic E-state index is 2.23. The van der Waals surface area contributed by atoms with E-state index in [1.54, 1.807) is 0 Å². The van der Waals surface area contributed by atoms with E-state index >= 15 is 0 Å². The molecule has 0 N–H and O–H groups in total. The summed E-state index contributed by atoms with van der Waals surface area (Å²) in [7, 11) is 4.18. The third kappa shape index (κ3) is 2.45. The Morgan fingerprint density at radius 1 is 1.00 bits per heavy atom. The van der Waals surface area contributed by atoms with E-state index in [0.717, 1.165) is 0 Å². The van der Waals surface area contributed by atoms with Crippen molar-refractivity contribution in [2.24, 2.45) is 7.05 Å². The SMILES string of the molecule is CN(C=Cc1sc2ccccc2[n+]1C)c1ccccc1. The molecule has 0 radical (unpaired) electrons. The van der Waals surface area contributed by atoms with Gasteiger partial charge in [-0.15, -0.1) is 0 Å². The summed E-state index contributed by atoms with van der Waals surface area (Å²) in [4.78, 5) is 2.13. The maximum Gasteiger partial charge on any atom is 0.263 e. The van der Waals surface area contributed by atoms with Gasteiger partial charge in [0.1, 0.15) is 11.7 Å². The number of para-hydroxylation sites is 2. The molecule has 20 heavy (non-hydrogen) atoms. The van der Waals surface area contributed by atoms with Crippen molar-refractivity contribution in [3.05, 3.63) is 65.8 Å². The van der Waals surface area contributed by atoms with Gasteiger partial charge in [-0.2, -0.15) is 4.57 Å². The minimum absolute atomic E-state index is 1.19. The fraction of sp³-hybridized carbons (Fsp3) is 0.118. The molecular weight excluding hydrogens is 264 g/mol. The zero-order valence-corrected chi connectivity index (χ0v) is 12.5. The highest BCUT2D eigenvalue weighted by atomic mass is 32.1. The van der Waals surface area contributed by atoms with E-state index in [4.69, 9.17) is 0 Å². The second-order valence-electron chi connectivity index (χ2n) is 4.73. The Kier molecular flexibility index (Phi) is 3.52. The summed E-state index contributed by atoms with van der Waals surface area (Å²) >= 11 is 1.81. The van der Waals surface area contributed by atoms with Crippen molar-refractivity contribution >= 4 is 33.3 Å². The lowest BCUT2D eigenvalue weighted by Crippen LogP contribution is -2.29. The van der Waals surface area contributed by atoms with Crippen molar-refractivity contribution in [1.29, 1.82) is 0 Å². The van der Waals surface area contributed by atoms with Crippen molar-refractivity contribution in [3.63, 3.8) is 0 Å². The van der Waals surface area contributed by atoms with Gasteiger partial charge in [0.25, 0.3) is 5.01 Å². The Morgan fingerprint density at radius 3 is 2.45 bits per heavy atom. The van der Waals surface area contributed by atoms with Crippen LogP contribution in [0.2, 0.25) is 0 Å². The van der Waals surface area contributed by atoms with E-state index in [2.05, 4.69) is 84.4 Å². The van der Waals surface area contributed by atoms with Crippen LogP contribution in [0.3, 0.4) is 0 Å². The molecule has 3 aromatic rings. The summed E-state index contributed by atoms with van der Waals surface area (Å²) < 4.78 is 3.55. The van der Waals surface area contributed by atoms with Gasteiger partial charge in [0.05, 0.1) is 0 Å². The molecular formula is C17H17N2S+. The summed E-state index contributed by atoms with van der Waals surface area (Å²) in [5.74, 6) is 0. The summed E-state index contributed by atoms with van der Waals surface area (Å²) in [6.07, 6.45) is 4.28. The number of hydrogen-bond acceptors (Lipinski definition) is 2. The van der Waals surface area contributed by atoms with Crippen LogP contribution in [-0.2, 0) is 7.05 Å². The minimum Gasteiger partial charge on any atom is -0.351 e. The second-order valence-corrected chi connectivity index (χ2v) is 5.79. The third-order valence-electron chi connectivity index (χ3n) is 3.38. The lowest BCUT2D eigenvalue weighted by atomic mass is 10.3. The second kappa shape index (κ2) is 5.47. The smallest absolute Gasteiger partial charge is 0.263 e. The highest BCUT2D eigenvalue weighted by Gasteiger charge is 2.13. The van der Waals surface area contributed by atoms with Gasteiger partial charge in [-0.05, 0) is 18.2 Å². The maximum absolute atomic E-state index is 2.23. The molecule has 0 bridgehead atoms. The molecule has 0 saturated heterocycles. The van der Waals surface area contributed by atoms with E-state index in [1.807, 2.05) is 17.4 Å². The Morgan fingerprint density at radius 2 is 1.70 bits per heavy atom. The fourth-order valence-corrected chi connectivity index (χ4v) is 3.24. The van der Waals surface area contributed by atoms with Gasteiger partial charge in [0.2, 0.25) is 5.52 Å². The third-order valence-corrected chi connectivity index (χ3v) is 4.56. The van der Waals surface area contributed by atoms with Crippen LogP contribution in [0.5, 0.6) is 0 Å². The molecule has 0 atom stereocenters. The van der Waals surface area contributed by atoms with Crippen LogP contribution in [0.25, 0.3) is 16.3 Å². The van der Waals surface area contributed by atoms with Gasteiger partial charge in [-0.25, -0.2) is 0 Å². The Bertz CT molecular complexity index is 744. The van der Waals surface area contributed by atoms with E-state index in [0.29, 0.717) is 0 Å². The first-order chi connectivity index (χ1) is 9.75. The number of thiazole rings is 1. The van der Waals surface area contributed by atoms with Crippen LogP contribution < -0.4 is 9.47 Å². The van der Waals surface area contributed by atoms with E-state index < -0.39 is 0 Å². The van der Waals surface area contributed by atoms with Crippen LogP contribution >= 0.6 is 11.3 Å². The monoisotopic (exact) mass is 281 g/mol. The fourth-order valence-electron chi connectivity index (χ4n) is 2.19. The molecule has 2 nitrogen and oxygen atoms in total. The summed E-state index contributed by atoms with van der Waals surface area (Å²) in [5, 5.41) is 1.24. The van der Waals surface area contributed by atoms with Crippen molar-refractivity contribution in [3.8, 4) is 0 Å². The Balaban J connectivity index is 1.89. The number of aryl methyl sites for hydroxylation is 1. The van der Waals surface area contributed by atoms with Gasteiger partial charge >= 0.3 is 0 Å². The first-order valence-electron chi connectivity index (χ1n) is 6.59. The highest BCUT2D eigenvalue weighted by Crippen LogP contribution is 2.21. The zero-order chi connectivity index (χ0) is 13.9. The normalized spacial score (nSPS) is 11.3. The molecule has 0 fully saturated rings. The van der Waals surface area contributed by atoms with E-state index in [9.17, 15) is 0 Å². The number of anilines is 1. The molecule has 0 aliphatic rings. The summed E-state index contributed by atoms with van der Waals surface area (Å²) in [6, 6.07) is 18.8. The predicted octanol–water partition coefficient (Wildman–Crippen LogP) is 3.83. The first kappa shape index (κ1) is 12.9. The topological polar surface area (TPSA) is 7.12 Å². The van der Waals surface area contributed by atoms with Gasteiger partial charge in [0.15, 0.2) is 0 Å². The lowest BCUT2D eigenvalue weighted by molar-refractivity contribution is -0.642. The van der Waals surface area contributed by atoms with Gasteiger partial charge in [-0.3, -0.25) is 0 Å². The lowest BCUT2D eigenvalue weighted by Gasteiger charge is -2.12. The molecule has 0 amide bonds. The van der Waals surface area contributed by atoms with Crippen LogP contribution in [0.1, 0.15) is 5.01 Å². The summed E-state index contributed by atoms with van der Waals surface area (Å²) in [5.41, 5.74) is 2.46. The van der Waals surface area contributed by atoms with Crippen molar-refractivity contribution in [2.75, 3.05) is 11.9 Å². The van der Waals surface area contributed by atoms with Crippen LogP contribution in [0.15, 0.2) is 60.8 Å². The molecule has 0 aliphatic heterocycles. The minimum atomic E-state index is 1.19. The Labute approximate surface area is 123 Å². The molecule has 0 spiro atoms. The first-order valence-corrected chi connectivity index (χ1v) is 7.41. The van der Waals surface area contributed by atoms with E-state index in [-0.39, 0.29) is 0 Å². The van der Waals surface area contributed by atoms with E-state index in [1.165, 1.54) is 20.9 Å². The molecule has 3 rings (SSSR count). The number of rotatable bonds is 3. The van der Waals surface area contributed by atoms with Crippen molar-refractivity contribution in [2.45, 2.75) is 0 Å². The molecule has 2 aromatic carbocycles. The predicted molar refractivity (Wildman–Crippen MR) is 86.9 cm³/mol. The standard InChI is InChI=1S/C17H17N2S/c1-18(14-8-4-3-5-9-14)13-12-17-19(2)15-10-6-7-11-16(15)20-17/h3-13H,1-2H3/q+1. The highest BCUT2D eigenvalue weighted by molar-refractivity contribution is 7.18. The van der Waals surface area contributed by atoms with Crippen LogP contribution in [0.4, 0.5) is 5.69 Å². The average Bonchev–Trinajstić information content (AvgIpc) is 2.83. The van der Waals surface area contributed by atoms with Crippen LogP contribution in [0, 0.1) is 0 Å². The number of benzene rings is 2. The van der Waals surface area contributed by atoms with Gasteiger partial charge in [0, 0.05) is 31.1 Å². The van der Waals surface area contributed by atoms with Crippen LogP contribution in [-0.4, -0.2) is 7.05 Å². The van der Waals surface area contributed by atoms with Crippen molar-refractivity contribution < 1.29 is 4.57 Å². The van der Waals surface area contributed by atoms with Crippen molar-refractivity contribution in [1.82, 2.24) is 0 Å².